The van der Waals surface area contributed by atoms with Crippen molar-refractivity contribution in [2.45, 2.75) is 50.8 Å². The molecule has 2 saturated carbocycles. The molecule has 1 heterocycles. The van der Waals surface area contributed by atoms with Crippen LogP contribution in [0.4, 0.5) is 0 Å². The highest BCUT2D eigenvalue weighted by Gasteiger charge is 2.53. The van der Waals surface area contributed by atoms with Crippen LogP contribution < -0.4 is 11.1 Å². The van der Waals surface area contributed by atoms with Gasteiger partial charge in [-0.1, -0.05) is 13.3 Å². The van der Waals surface area contributed by atoms with Gasteiger partial charge in [-0.15, -0.1) is 0 Å². The Morgan fingerprint density at radius 2 is 2.18 bits per heavy atom. The molecule has 2 aliphatic carbocycles. The Hall–Kier alpha value is -0.610. The smallest absolute Gasteiger partial charge is 0.223 e. The van der Waals surface area contributed by atoms with Gasteiger partial charge < -0.3 is 15.8 Å². The third kappa shape index (κ3) is 1.78. The van der Waals surface area contributed by atoms with E-state index >= 15 is 0 Å². The number of nitrogens with two attached hydrogens (primary N) is 1. The number of hydrogen-bond acceptors (Lipinski definition) is 3. The van der Waals surface area contributed by atoms with Crippen LogP contribution in [0.25, 0.3) is 0 Å². The Balaban J connectivity index is 1.58. The van der Waals surface area contributed by atoms with Crippen LogP contribution in [0.15, 0.2) is 0 Å². The number of fused-ring (bicyclic) bond motifs is 1. The van der Waals surface area contributed by atoms with E-state index in [1.807, 2.05) is 0 Å². The molecule has 1 aliphatic heterocycles. The van der Waals surface area contributed by atoms with E-state index in [2.05, 4.69) is 12.2 Å². The van der Waals surface area contributed by atoms with Crippen LogP contribution in [0.3, 0.4) is 0 Å². The molecule has 4 nitrogen and oxygen atoms in total. The number of amides is 1. The van der Waals surface area contributed by atoms with Crippen molar-refractivity contribution in [2.75, 3.05) is 6.61 Å². The van der Waals surface area contributed by atoms with Gasteiger partial charge in [0.05, 0.1) is 12.1 Å². The number of rotatable bonds is 2. The summed E-state index contributed by atoms with van der Waals surface area (Å²) >= 11 is 0. The van der Waals surface area contributed by atoms with E-state index in [9.17, 15) is 4.79 Å². The van der Waals surface area contributed by atoms with Crippen molar-refractivity contribution < 1.29 is 9.53 Å². The quantitative estimate of drug-likeness (QED) is 0.742. The van der Waals surface area contributed by atoms with Gasteiger partial charge in [0.1, 0.15) is 0 Å². The number of carbonyl (C=O) groups is 1. The molecule has 3 aliphatic rings. The second kappa shape index (κ2) is 4.25. The fourth-order valence-corrected chi connectivity index (χ4v) is 3.73. The second-order valence-electron chi connectivity index (χ2n) is 5.91. The molecule has 3 N–H and O–H groups in total. The lowest BCUT2D eigenvalue weighted by Crippen LogP contribution is -2.69. The largest absolute Gasteiger partial charge is 0.376 e. The van der Waals surface area contributed by atoms with E-state index in [0.717, 1.165) is 19.4 Å². The predicted octanol–water partition coefficient (Wildman–Crippen LogP) is 0.653. The summed E-state index contributed by atoms with van der Waals surface area (Å²) in [6.45, 7) is 2.97. The van der Waals surface area contributed by atoms with Crippen LogP contribution in [0.5, 0.6) is 0 Å². The molecule has 0 spiro atoms. The van der Waals surface area contributed by atoms with E-state index in [-0.39, 0.29) is 30.0 Å². The molecule has 6 unspecified atom stereocenters. The molecule has 3 rings (SSSR count). The molecule has 1 saturated heterocycles. The Kier molecular flexibility index (Phi) is 2.87. The molecule has 0 bridgehead atoms. The van der Waals surface area contributed by atoms with Gasteiger partial charge in [0.2, 0.25) is 5.91 Å². The molecule has 0 aromatic rings. The minimum Gasteiger partial charge on any atom is -0.376 e. The van der Waals surface area contributed by atoms with Gasteiger partial charge in [0.15, 0.2) is 0 Å². The molecular formula is C13H22N2O2. The normalized spacial score (nSPS) is 48.6. The van der Waals surface area contributed by atoms with E-state index in [1.54, 1.807) is 0 Å². The second-order valence-corrected chi connectivity index (χ2v) is 5.91. The van der Waals surface area contributed by atoms with Gasteiger partial charge >= 0.3 is 0 Å². The van der Waals surface area contributed by atoms with E-state index < -0.39 is 0 Å². The van der Waals surface area contributed by atoms with Crippen molar-refractivity contribution in [1.29, 1.82) is 0 Å². The standard InChI is InChI=1S/C13H22N2O2/c1-7-3-2-4-8(7)13(16)15-11-10(14)9-5-6-17-12(9)11/h7-12H,2-6,14H2,1H3,(H,15,16). The minimum atomic E-state index is 0.0581. The first-order valence-corrected chi connectivity index (χ1v) is 6.86. The van der Waals surface area contributed by atoms with Crippen molar-refractivity contribution in [3.8, 4) is 0 Å². The summed E-state index contributed by atoms with van der Waals surface area (Å²) in [7, 11) is 0. The minimum absolute atomic E-state index is 0.0581. The monoisotopic (exact) mass is 238 g/mol. The van der Waals surface area contributed by atoms with Crippen LogP contribution in [0, 0.1) is 17.8 Å². The maximum Gasteiger partial charge on any atom is 0.223 e. The Morgan fingerprint density at radius 3 is 2.88 bits per heavy atom. The third-order valence-electron chi connectivity index (χ3n) is 4.95. The summed E-state index contributed by atoms with van der Waals surface area (Å²) in [5, 5.41) is 3.12. The zero-order chi connectivity index (χ0) is 12.0. The summed E-state index contributed by atoms with van der Waals surface area (Å²) in [6, 6.07) is 0.158. The maximum absolute atomic E-state index is 12.2. The lowest BCUT2D eigenvalue weighted by Gasteiger charge is -2.46. The molecule has 96 valence electrons. The topological polar surface area (TPSA) is 64.4 Å². The average molecular weight is 238 g/mol. The summed E-state index contributed by atoms with van der Waals surface area (Å²) in [6.07, 6.45) is 4.63. The van der Waals surface area contributed by atoms with Crippen LogP contribution in [0.1, 0.15) is 32.6 Å². The molecule has 1 amide bonds. The Bertz CT molecular complexity index is 321. The van der Waals surface area contributed by atoms with E-state index in [1.165, 1.54) is 12.8 Å². The van der Waals surface area contributed by atoms with Crippen molar-refractivity contribution in [3.63, 3.8) is 0 Å². The van der Waals surface area contributed by atoms with Gasteiger partial charge in [0, 0.05) is 24.5 Å². The lowest BCUT2D eigenvalue weighted by atomic mass is 9.72. The van der Waals surface area contributed by atoms with Crippen molar-refractivity contribution >= 4 is 5.91 Å². The number of carbonyl (C=O) groups excluding carboxylic acids is 1. The molecule has 0 aromatic heterocycles. The molecule has 0 radical (unpaired) electrons. The molecule has 4 heteroatoms. The summed E-state index contributed by atoms with van der Waals surface area (Å²) < 4.78 is 5.63. The van der Waals surface area contributed by atoms with Gasteiger partial charge in [-0.3, -0.25) is 4.79 Å². The fraction of sp³-hybridized carbons (Fsp3) is 0.923. The van der Waals surface area contributed by atoms with Gasteiger partial charge in [-0.05, 0) is 25.2 Å². The highest BCUT2D eigenvalue weighted by Crippen LogP contribution is 2.38. The highest BCUT2D eigenvalue weighted by molar-refractivity contribution is 5.79. The van der Waals surface area contributed by atoms with Crippen molar-refractivity contribution in [1.82, 2.24) is 5.32 Å². The van der Waals surface area contributed by atoms with Gasteiger partial charge in [-0.2, -0.15) is 0 Å². The number of hydrogen-bond donors (Lipinski definition) is 2. The molecule has 17 heavy (non-hydrogen) atoms. The zero-order valence-electron chi connectivity index (χ0n) is 10.4. The van der Waals surface area contributed by atoms with Crippen LogP contribution in [-0.4, -0.2) is 30.7 Å². The summed E-state index contributed by atoms with van der Waals surface area (Å²) in [5.74, 6) is 1.39. The Labute approximate surface area is 102 Å². The highest BCUT2D eigenvalue weighted by atomic mass is 16.5. The zero-order valence-corrected chi connectivity index (χ0v) is 10.4. The molecule has 0 aromatic carbocycles. The number of nitrogens with one attached hydrogen (secondary N) is 1. The van der Waals surface area contributed by atoms with Crippen LogP contribution in [0.2, 0.25) is 0 Å². The van der Waals surface area contributed by atoms with Gasteiger partial charge in [-0.25, -0.2) is 0 Å². The van der Waals surface area contributed by atoms with Crippen LogP contribution in [-0.2, 0) is 9.53 Å². The SMILES string of the molecule is CC1CCCC1C(=O)NC1C(N)C2CCOC21. The molecule has 6 atom stereocenters. The summed E-state index contributed by atoms with van der Waals surface area (Å²) in [4.78, 5) is 12.2. The van der Waals surface area contributed by atoms with E-state index in [4.69, 9.17) is 10.5 Å². The first-order chi connectivity index (χ1) is 8.18. The van der Waals surface area contributed by atoms with Gasteiger partial charge in [0.25, 0.3) is 0 Å². The summed E-state index contributed by atoms with van der Waals surface area (Å²) in [5.41, 5.74) is 6.09. The average Bonchev–Trinajstić information content (AvgIpc) is 2.91. The van der Waals surface area contributed by atoms with Crippen molar-refractivity contribution in [2.24, 2.45) is 23.5 Å². The number of ether oxygens (including phenoxy) is 1. The van der Waals surface area contributed by atoms with Crippen molar-refractivity contribution in [3.05, 3.63) is 0 Å². The third-order valence-corrected chi connectivity index (χ3v) is 4.95. The molecular weight excluding hydrogens is 216 g/mol. The first kappa shape index (κ1) is 11.5. The fourth-order valence-electron chi connectivity index (χ4n) is 3.73. The predicted molar refractivity (Wildman–Crippen MR) is 64.3 cm³/mol. The lowest BCUT2D eigenvalue weighted by molar-refractivity contribution is -0.130. The van der Waals surface area contributed by atoms with E-state index in [0.29, 0.717) is 11.8 Å². The Morgan fingerprint density at radius 1 is 1.35 bits per heavy atom. The first-order valence-electron chi connectivity index (χ1n) is 6.86. The molecule has 3 fully saturated rings. The van der Waals surface area contributed by atoms with Crippen LogP contribution >= 0.6 is 0 Å². The maximum atomic E-state index is 12.2.